The Morgan fingerprint density at radius 1 is 0.593 bits per heavy atom. The second kappa shape index (κ2) is 18.1. The van der Waals surface area contributed by atoms with Crippen molar-refractivity contribution in [1.29, 1.82) is 0 Å². The molecule has 0 aliphatic carbocycles. The van der Waals surface area contributed by atoms with Crippen LogP contribution in [0.1, 0.15) is 41.5 Å². The van der Waals surface area contributed by atoms with Crippen molar-refractivity contribution in [3.8, 4) is 0 Å². The van der Waals surface area contributed by atoms with Crippen molar-refractivity contribution < 1.29 is 44.2 Å². The first-order valence-corrected chi connectivity index (χ1v) is 8.72. The quantitative estimate of drug-likeness (QED) is 0.400. The van der Waals surface area contributed by atoms with E-state index in [4.69, 9.17) is 34.6 Å². The van der Waals surface area contributed by atoms with Gasteiger partial charge in [0.15, 0.2) is 0 Å². The monoisotopic (exact) mass is 398 g/mol. The molecular weight excluding hydrogens is 360 g/mol. The Labute approximate surface area is 162 Å². The summed E-state index contributed by atoms with van der Waals surface area (Å²) in [6.45, 7) is 12.7. The van der Waals surface area contributed by atoms with E-state index in [1.54, 1.807) is 41.5 Å². The van der Waals surface area contributed by atoms with E-state index in [2.05, 4.69) is 0 Å². The standard InChI is InChI=1S/C8H18O5.2C5H10O2/c9-1-3-11-5-7-13-8-6-12-4-2-10;2*1-5(2,3)4(6)7/h9-10H,1-8H2;2*1-3H3,(H,6,7). The Balaban J connectivity index is -0.000000350. The summed E-state index contributed by atoms with van der Waals surface area (Å²) in [5, 5.41) is 33.2. The lowest BCUT2D eigenvalue weighted by atomic mass is 9.98. The maximum absolute atomic E-state index is 10.0. The van der Waals surface area contributed by atoms with Gasteiger partial charge < -0.3 is 34.6 Å². The molecule has 0 radical (unpaired) electrons. The van der Waals surface area contributed by atoms with E-state index in [0.29, 0.717) is 39.6 Å². The van der Waals surface area contributed by atoms with E-state index >= 15 is 0 Å². The lowest BCUT2D eigenvalue weighted by Crippen LogP contribution is -2.18. The third-order valence-electron chi connectivity index (χ3n) is 2.50. The molecule has 164 valence electrons. The molecule has 0 atom stereocenters. The summed E-state index contributed by atoms with van der Waals surface area (Å²) in [5.41, 5.74) is -1.17. The number of ether oxygens (including phenoxy) is 3. The van der Waals surface area contributed by atoms with Gasteiger partial charge in [0.1, 0.15) is 0 Å². The summed E-state index contributed by atoms with van der Waals surface area (Å²) in [6, 6.07) is 0. The molecule has 0 aliphatic rings. The predicted molar refractivity (Wildman–Crippen MR) is 101 cm³/mol. The average molecular weight is 398 g/mol. The zero-order valence-corrected chi connectivity index (χ0v) is 17.5. The van der Waals surface area contributed by atoms with E-state index in [9.17, 15) is 9.59 Å². The van der Waals surface area contributed by atoms with Crippen LogP contribution in [0.25, 0.3) is 0 Å². The Morgan fingerprint density at radius 3 is 0.926 bits per heavy atom. The van der Waals surface area contributed by atoms with Crippen LogP contribution in [-0.4, -0.2) is 85.2 Å². The molecule has 0 unspecified atom stereocenters. The van der Waals surface area contributed by atoms with Crippen molar-refractivity contribution in [2.75, 3.05) is 52.9 Å². The molecule has 4 N–H and O–H groups in total. The number of carboxylic acids is 2. The van der Waals surface area contributed by atoms with Crippen LogP contribution in [0.15, 0.2) is 0 Å². The van der Waals surface area contributed by atoms with E-state index in [1.807, 2.05) is 0 Å². The molecule has 27 heavy (non-hydrogen) atoms. The molecule has 0 aliphatic heterocycles. The van der Waals surface area contributed by atoms with Gasteiger partial charge in [-0.3, -0.25) is 9.59 Å². The molecular formula is C18H38O9. The maximum Gasteiger partial charge on any atom is 0.308 e. The Bertz CT molecular complexity index is 323. The molecule has 9 nitrogen and oxygen atoms in total. The SMILES string of the molecule is CC(C)(C)C(=O)O.CC(C)(C)C(=O)O.OCCOCCOCCOCCO. The molecule has 0 spiro atoms. The topological polar surface area (TPSA) is 143 Å². The van der Waals surface area contributed by atoms with Gasteiger partial charge in [0.05, 0.1) is 63.7 Å². The fourth-order valence-electron chi connectivity index (χ4n) is 0.671. The first-order chi connectivity index (χ1) is 12.3. The van der Waals surface area contributed by atoms with Crippen LogP contribution in [-0.2, 0) is 23.8 Å². The highest BCUT2D eigenvalue weighted by Gasteiger charge is 2.19. The fraction of sp³-hybridized carbons (Fsp3) is 0.889. The third kappa shape index (κ3) is 29.7. The molecule has 0 saturated carbocycles. The van der Waals surface area contributed by atoms with Gasteiger partial charge in [0.25, 0.3) is 0 Å². The zero-order valence-electron chi connectivity index (χ0n) is 17.5. The van der Waals surface area contributed by atoms with Gasteiger partial charge in [-0.05, 0) is 41.5 Å². The first kappa shape index (κ1) is 30.5. The highest BCUT2D eigenvalue weighted by molar-refractivity contribution is 5.73. The second-order valence-corrected chi connectivity index (χ2v) is 7.39. The predicted octanol–water partition coefficient (Wildman–Crippen LogP) is 1.26. The van der Waals surface area contributed by atoms with Gasteiger partial charge in [0.2, 0.25) is 0 Å². The largest absolute Gasteiger partial charge is 0.481 e. The molecule has 9 heteroatoms. The minimum absolute atomic E-state index is 0.0413. The maximum atomic E-state index is 10.0. The molecule has 0 aromatic carbocycles. The van der Waals surface area contributed by atoms with Crippen molar-refractivity contribution in [3.63, 3.8) is 0 Å². The Morgan fingerprint density at radius 2 is 0.778 bits per heavy atom. The van der Waals surface area contributed by atoms with E-state index in [-0.39, 0.29) is 13.2 Å². The number of hydrogen-bond donors (Lipinski definition) is 4. The second-order valence-electron chi connectivity index (χ2n) is 7.39. The number of rotatable bonds is 10. The third-order valence-corrected chi connectivity index (χ3v) is 2.50. The van der Waals surface area contributed by atoms with Crippen molar-refractivity contribution in [3.05, 3.63) is 0 Å². The van der Waals surface area contributed by atoms with Crippen LogP contribution in [0.2, 0.25) is 0 Å². The number of aliphatic hydroxyl groups excluding tert-OH is 2. The summed E-state index contributed by atoms with van der Waals surface area (Å²) < 4.78 is 15.0. The Kier molecular flexibility index (Phi) is 20.4. The van der Waals surface area contributed by atoms with Crippen molar-refractivity contribution >= 4 is 11.9 Å². The highest BCUT2D eigenvalue weighted by Crippen LogP contribution is 2.11. The van der Waals surface area contributed by atoms with Gasteiger partial charge in [-0.2, -0.15) is 0 Å². The number of carbonyl (C=O) groups is 2. The molecule has 0 saturated heterocycles. The lowest BCUT2D eigenvalue weighted by Gasteiger charge is -2.08. The van der Waals surface area contributed by atoms with Gasteiger partial charge in [-0.1, -0.05) is 0 Å². The van der Waals surface area contributed by atoms with E-state index in [1.165, 1.54) is 0 Å². The number of aliphatic carboxylic acids is 2. The molecule has 0 amide bonds. The minimum Gasteiger partial charge on any atom is -0.481 e. The van der Waals surface area contributed by atoms with E-state index < -0.39 is 22.8 Å². The van der Waals surface area contributed by atoms with Crippen LogP contribution >= 0.6 is 0 Å². The van der Waals surface area contributed by atoms with E-state index in [0.717, 1.165) is 0 Å². The smallest absolute Gasteiger partial charge is 0.308 e. The molecule has 0 aromatic heterocycles. The van der Waals surface area contributed by atoms with Crippen LogP contribution in [0, 0.1) is 10.8 Å². The summed E-state index contributed by atoms with van der Waals surface area (Å²) in [6.07, 6.45) is 0. The normalized spacial score (nSPS) is 11.0. The van der Waals surface area contributed by atoms with Crippen LogP contribution in [0.5, 0.6) is 0 Å². The Hall–Kier alpha value is -1.26. The number of carboxylic acid groups (broad SMARTS) is 2. The highest BCUT2D eigenvalue weighted by atomic mass is 16.5. The lowest BCUT2D eigenvalue weighted by molar-refractivity contribution is -0.146. The van der Waals surface area contributed by atoms with Crippen LogP contribution in [0.4, 0.5) is 0 Å². The summed E-state index contributed by atoms with van der Waals surface area (Å²) in [4.78, 5) is 20.0. The summed E-state index contributed by atoms with van der Waals surface area (Å²) in [7, 11) is 0. The van der Waals surface area contributed by atoms with Crippen LogP contribution < -0.4 is 0 Å². The minimum atomic E-state index is -0.757. The molecule has 0 heterocycles. The number of hydrogen-bond acceptors (Lipinski definition) is 7. The summed E-state index contributed by atoms with van der Waals surface area (Å²) >= 11 is 0. The zero-order chi connectivity index (χ0) is 21.9. The summed E-state index contributed by atoms with van der Waals surface area (Å²) in [5.74, 6) is -1.51. The van der Waals surface area contributed by atoms with Gasteiger partial charge in [-0.15, -0.1) is 0 Å². The van der Waals surface area contributed by atoms with Crippen LogP contribution in [0.3, 0.4) is 0 Å². The molecule has 0 rings (SSSR count). The first-order valence-electron chi connectivity index (χ1n) is 8.72. The van der Waals surface area contributed by atoms with Crippen molar-refractivity contribution in [2.24, 2.45) is 10.8 Å². The van der Waals surface area contributed by atoms with Gasteiger partial charge >= 0.3 is 11.9 Å². The number of aliphatic hydroxyl groups is 2. The molecule has 0 bridgehead atoms. The van der Waals surface area contributed by atoms with Crippen molar-refractivity contribution in [2.45, 2.75) is 41.5 Å². The average Bonchev–Trinajstić information content (AvgIpc) is 2.53. The van der Waals surface area contributed by atoms with Gasteiger partial charge in [0, 0.05) is 0 Å². The molecule has 0 fully saturated rings. The van der Waals surface area contributed by atoms with Crippen molar-refractivity contribution in [1.82, 2.24) is 0 Å². The fourth-order valence-corrected chi connectivity index (χ4v) is 0.671. The molecule has 0 aromatic rings. The van der Waals surface area contributed by atoms with Gasteiger partial charge in [-0.25, -0.2) is 0 Å².